The second-order valence-corrected chi connectivity index (χ2v) is 5.43. The fraction of sp³-hybridized carbons (Fsp3) is 0.562. The second kappa shape index (κ2) is 7.41. The molecule has 1 aromatic carbocycles. The minimum absolute atomic E-state index is 0.00859. The fourth-order valence-electron chi connectivity index (χ4n) is 2.26. The average molecular weight is 277 g/mol. The number of nitrogens with zero attached hydrogens (tertiary/aromatic N) is 1. The second-order valence-electron chi connectivity index (χ2n) is 5.43. The Labute approximate surface area is 122 Å². The van der Waals surface area contributed by atoms with Crippen LogP contribution >= 0.6 is 0 Å². The van der Waals surface area contributed by atoms with Crippen LogP contribution in [-0.2, 0) is 4.79 Å². The van der Waals surface area contributed by atoms with Crippen LogP contribution in [-0.4, -0.2) is 36.0 Å². The molecule has 1 unspecified atom stereocenters. The van der Waals surface area contributed by atoms with Crippen LogP contribution in [0, 0.1) is 6.92 Å². The molecule has 0 saturated carbocycles. The molecule has 0 aliphatic carbocycles. The van der Waals surface area contributed by atoms with Gasteiger partial charge in [0, 0.05) is 17.8 Å². The van der Waals surface area contributed by atoms with Gasteiger partial charge in [-0.25, -0.2) is 0 Å². The molecule has 0 aliphatic heterocycles. The van der Waals surface area contributed by atoms with Gasteiger partial charge < -0.3 is 11.1 Å². The molecule has 0 fully saturated rings. The van der Waals surface area contributed by atoms with Gasteiger partial charge in [0.15, 0.2) is 0 Å². The van der Waals surface area contributed by atoms with Crippen molar-refractivity contribution in [1.82, 2.24) is 4.90 Å². The van der Waals surface area contributed by atoms with Crippen molar-refractivity contribution in [2.45, 2.75) is 39.7 Å². The lowest BCUT2D eigenvalue weighted by molar-refractivity contribution is -0.118. The van der Waals surface area contributed by atoms with Crippen LogP contribution in [0.4, 0.5) is 5.69 Å². The number of nitrogens with one attached hydrogen (secondary N) is 1. The maximum atomic E-state index is 12.2. The zero-order valence-electron chi connectivity index (χ0n) is 13.1. The predicted octanol–water partition coefficient (Wildman–Crippen LogP) is 2.38. The van der Waals surface area contributed by atoms with Crippen LogP contribution in [0.3, 0.4) is 0 Å². The Bertz CT molecular complexity index is 441. The standard InChI is InChI=1S/C16H27N3O/c1-5-16(4,12-17)19(6-2)11-15(20)18-14-10-8-7-9-13(14)3/h7-10H,5-6,11-12,17H2,1-4H3,(H,18,20). The van der Waals surface area contributed by atoms with Crippen LogP contribution in [0.15, 0.2) is 24.3 Å². The van der Waals surface area contributed by atoms with Crippen LogP contribution in [0.5, 0.6) is 0 Å². The molecule has 0 heterocycles. The Balaban J connectivity index is 2.71. The number of aryl methyl sites for hydroxylation is 1. The van der Waals surface area contributed by atoms with Crippen molar-refractivity contribution in [3.05, 3.63) is 29.8 Å². The first-order valence-electron chi connectivity index (χ1n) is 7.27. The third-order valence-corrected chi connectivity index (χ3v) is 4.10. The van der Waals surface area contributed by atoms with Gasteiger partial charge in [-0.1, -0.05) is 32.0 Å². The Kier molecular flexibility index (Phi) is 6.17. The first kappa shape index (κ1) is 16.7. The number of hydrogen-bond acceptors (Lipinski definition) is 3. The zero-order valence-corrected chi connectivity index (χ0v) is 13.1. The van der Waals surface area contributed by atoms with Crippen molar-refractivity contribution in [1.29, 1.82) is 0 Å². The summed E-state index contributed by atoms with van der Waals surface area (Å²) in [5.41, 5.74) is 7.69. The number of hydrogen-bond donors (Lipinski definition) is 2. The monoisotopic (exact) mass is 277 g/mol. The van der Waals surface area contributed by atoms with Crippen molar-refractivity contribution in [2.24, 2.45) is 5.73 Å². The Morgan fingerprint density at radius 3 is 2.50 bits per heavy atom. The minimum atomic E-state index is -0.127. The molecular weight excluding hydrogens is 250 g/mol. The molecule has 1 amide bonds. The SMILES string of the molecule is CCN(CC(=O)Nc1ccccc1C)C(C)(CC)CN. The summed E-state index contributed by atoms with van der Waals surface area (Å²) in [6.45, 7) is 9.99. The number of nitrogens with two attached hydrogens (primary N) is 1. The summed E-state index contributed by atoms with van der Waals surface area (Å²) in [5.74, 6) is 0.00859. The molecule has 1 rings (SSSR count). The van der Waals surface area contributed by atoms with E-state index in [4.69, 9.17) is 5.73 Å². The molecule has 1 atom stereocenters. The number of benzene rings is 1. The number of para-hydroxylation sites is 1. The number of rotatable bonds is 7. The first-order valence-corrected chi connectivity index (χ1v) is 7.27. The van der Waals surface area contributed by atoms with Crippen LogP contribution in [0.1, 0.15) is 32.8 Å². The highest BCUT2D eigenvalue weighted by Crippen LogP contribution is 2.18. The summed E-state index contributed by atoms with van der Waals surface area (Å²) in [6, 6.07) is 7.80. The molecule has 20 heavy (non-hydrogen) atoms. The molecule has 0 saturated heterocycles. The molecule has 0 spiro atoms. The smallest absolute Gasteiger partial charge is 0.238 e. The summed E-state index contributed by atoms with van der Waals surface area (Å²) in [6.07, 6.45) is 0.926. The quantitative estimate of drug-likeness (QED) is 0.804. The maximum absolute atomic E-state index is 12.2. The summed E-state index contributed by atoms with van der Waals surface area (Å²) in [4.78, 5) is 14.4. The van der Waals surface area contributed by atoms with E-state index < -0.39 is 0 Å². The van der Waals surface area contributed by atoms with Gasteiger partial charge >= 0.3 is 0 Å². The van der Waals surface area contributed by atoms with E-state index in [0.29, 0.717) is 13.1 Å². The minimum Gasteiger partial charge on any atom is -0.329 e. The molecule has 4 heteroatoms. The summed E-state index contributed by atoms with van der Waals surface area (Å²) in [7, 11) is 0. The van der Waals surface area contributed by atoms with Gasteiger partial charge in [0.05, 0.1) is 6.54 Å². The summed E-state index contributed by atoms with van der Waals surface area (Å²) < 4.78 is 0. The van der Waals surface area contributed by atoms with Crippen LogP contribution in [0.2, 0.25) is 0 Å². The molecule has 112 valence electrons. The number of amides is 1. The van der Waals surface area contributed by atoms with Crippen LogP contribution < -0.4 is 11.1 Å². The van der Waals surface area contributed by atoms with Gasteiger partial charge in [-0.05, 0) is 38.4 Å². The van der Waals surface area contributed by atoms with Crippen molar-refractivity contribution in [3.63, 3.8) is 0 Å². The lowest BCUT2D eigenvalue weighted by Crippen LogP contribution is -2.53. The van der Waals surface area contributed by atoms with E-state index in [1.165, 1.54) is 0 Å². The number of anilines is 1. The average Bonchev–Trinajstić information content (AvgIpc) is 2.46. The third kappa shape index (κ3) is 4.05. The van der Waals surface area contributed by atoms with Crippen molar-refractivity contribution >= 4 is 11.6 Å². The van der Waals surface area contributed by atoms with Crippen molar-refractivity contribution in [2.75, 3.05) is 25.0 Å². The molecule has 3 N–H and O–H groups in total. The predicted molar refractivity (Wildman–Crippen MR) is 84.8 cm³/mol. The van der Waals surface area contributed by atoms with Gasteiger partial charge in [-0.3, -0.25) is 9.69 Å². The Morgan fingerprint density at radius 1 is 1.35 bits per heavy atom. The van der Waals surface area contributed by atoms with Crippen molar-refractivity contribution < 1.29 is 4.79 Å². The lowest BCUT2D eigenvalue weighted by atomic mass is 9.96. The Hall–Kier alpha value is -1.39. The molecule has 4 nitrogen and oxygen atoms in total. The van der Waals surface area contributed by atoms with Gasteiger partial charge in [0.25, 0.3) is 0 Å². The zero-order chi connectivity index (χ0) is 15.2. The van der Waals surface area contributed by atoms with Gasteiger partial charge in [0.2, 0.25) is 5.91 Å². The van der Waals surface area contributed by atoms with Gasteiger partial charge in [-0.15, -0.1) is 0 Å². The van der Waals surface area contributed by atoms with E-state index in [9.17, 15) is 4.79 Å². The van der Waals surface area contributed by atoms with Crippen LogP contribution in [0.25, 0.3) is 0 Å². The third-order valence-electron chi connectivity index (χ3n) is 4.10. The summed E-state index contributed by atoms with van der Waals surface area (Å²) >= 11 is 0. The number of carbonyl (C=O) groups is 1. The lowest BCUT2D eigenvalue weighted by Gasteiger charge is -2.39. The highest BCUT2D eigenvalue weighted by atomic mass is 16.2. The largest absolute Gasteiger partial charge is 0.329 e. The Morgan fingerprint density at radius 2 is 2.00 bits per heavy atom. The summed E-state index contributed by atoms with van der Waals surface area (Å²) in [5, 5.41) is 2.97. The molecule has 0 aliphatic rings. The highest BCUT2D eigenvalue weighted by molar-refractivity contribution is 5.93. The molecular formula is C16H27N3O. The normalized spacial score (nSPS) is 14.1. The van der Waals surface area contributed by atoms with E-state index in [2.05, 4.69) is 31.0 Å². The van der Waals surface area contributed by atoms with E-state index in [-0.39, 0.29) is 11.4 Å². The molecule has 1 aromatic rings. The number of carbonyl (C=O) groups excluding carboxylic acids is 1. The fourth-order valence-corrected chi connectivity index (χ4v) is 2.26. The molecule has 0 aromatic heterocycles. The maximum Gasteiger partial charge on any atom is 0.238 e. The highest BCUT2D eigenvalue weighted by Gasteiger charge is 2.28. The molecule has 0 bridgehead atoms. The first-order chi connectivity index (χ1) is 9.46. The van der Waals surface area contributed by atoms with E-state index in [1.54, 1.807) is 0 Å². The van der Waals surface area contributed by atoms with E-state index >= 15 is 0 Å². The van der Waals surface area contributed by atoms with Gasteiger partial charge in [-0.2, -0.15) is 0 Å². The molecule has 0 radical (unpaired) electrons. The van der Waals surface area contributed by atoms with E-state index in [1.807, 2.05) is 31.2 Å². The van der Waals surface area contributed by atoms with Crippen molar-refractivity contribution in [3.8, 4) is 0 Å². The topological polar surface area (TPSA) is 58.4 Å². The van der Waals surface area contributed by atoms with E-state index in [0.717, 1.165) is 24.2 Å². The number of likely N-dealkylation sites (N-methyl/N-ethyl adjacent to an activating group) is 1. The van der Waals surface area contributed by atoms with Gasteiger partial charge in [0.1, 0.15) is 0 Å².